The number of imide groups is 1. The largest absolute Gasteiger partial charge is 0.479 e. The fourth-order valence-electron chi connectivity index (χ4n) is 16.4. The second kappa shape index (κ2) is 31.0. The predicted molar refractivity (Wildman–Crippen MR) is 380 cm³/mol. The summed E-state index contributed by atoms with van der Waals surface area (Å²) in [6.45, 7) is 14.5. The molecule has 0 saturated carbocycles. The number of carboxylic acid groups (broad SMARTS) is 1. The molecule has 0 bridgehead atoms. The Morgan fingerprint density at radius 3 is 2.03 bits per heavy atom. The van der Waals surface area contributed by atoms with E-state index in [4.69, 9.17) is 44.8 Å². The summed E-state index contributed by atoms with van der Waals surface area (Å²) in [4.78, 5) is 39.8. The molecular weight excluding hydrogens is 1300 g/mol. The lowest BCUT2D eigenvalue weighted by Gasteiger charge is -2.50. The van der Waals surface area contributed by atoms with Gasteiger partial charge in [0.25, 0.3) is 5.91 Å². The van der Waals surface area contributed by atoms with E-state index >= 15 is 0 Å². The van der Waals surface area contributed by atoms with E-state index in [1.165, 1.54) is 6.92 Å². The average Bonchev–Trinajstić information content (AvgIpc) is 1.58. The van der Waals surface area contributed by atoms with Crippen LogP contribution < -0.4 is 10.6 Å². The van der Waals surface area contributed by atoms with Crippen LogP contribution in [0.15, 0.2) is 200 Å². The number of aliphatic hydroxyl groups excluding tert-OH is 3. The smallest absolute Gasteiger partial charge is 0.335 e. The standard InChI is InChI=1S/C44H68O13.C22H17ClN2.C15H12N2O2/c1-25-21-34(55-44(23-25)35(46)12-11-31(54-44)24-41(6,50)40(48)49)26(2)9-10-30-14-18-43(53-30)19-15-33-39(57-43)36(47)29(5)38(52-33)32(45)22-28(4)37-27(3)13-17-42(56-37)16-7-8-20-51-42;23-21-14-8-7-13-20(21)22(25-16-15-24-17-25,18-9-3-1-4-10-18)19-11-5-2-6-12-19;18-13-15(17-14(19)16-13,11-7-3-1-4-8-11)12-9-5-2-6-10-12/h9-10,23,26-28,30-39,45-47,50H,5,7-8,11-22,24H2,1-4,6H3,(H,48,49);1-17H;1-10H,(H2,16,17,18,19)/b10-9+;;/t26-,27-,28+,30+,31+,32+,33-,34+,35-,36-,37+,38+,39-,41-,42+,43-,44-;;/m1../s1. The van der Waals surface area contributed by atoms with E-state index in [0.29, 0.717) is 56.4 Å². The number of ether oxygens (including phenoxy) is 7. The number of hydrogen-bond donors (Lipinski definition) is 7. The van der Waals surface area contributed by atoms with Crippen molar-refractivity contribution in [2.75, 3.05) is 6.61 Å². The van der Waals surface area contributed by atoms with E-state index in [1.54, 1.807) is 12.3 Å². The minimum Gasteiger partial charge on any atom is -0.479 e. The molecule has 8 aliphatic rings. The monoisotopic (exact) mass is 1400 g/mol. The van der Waals surface area contributed by atoms with Gasteiger partial charge >= 0.3 is 12.0 Å². The quantitative estimate of drug-likeness (QED) is 0.0270. The Kier molecular flexibility index (Phi) is 22.6. The number of rotatable bonds is 16. The Labute approximate surface area is 596 Å². The van der Waals surface area contributed by atoms with Crippen molar-refractivity contribution in [3.8, 4) is 0 Å². The maximum Gasteiger partial charge on any atom is 0.335 e. The third-order valence-electron chi connectivity index (χ3n) is 21.8. The molecule has 19 nitrogen and oxygen atoms in total. The van der Waals surface area contributed by atoms with Gasteiger partial charge in [-0.05, 0) is 123 Å². The molecule has 5 aromatic carbocycles. The van der Waals surface area contributed by atoms with E-state index in [1.807, 2.05) is 123 Å². The van der Waals surface area contributed by atoms with Crippen LogP contribution in [0, 0.1) is 17.8 Å². The highest BCUT2D eigenvalue weighted by Crippen LogP contribution is 2.49. The first kappa shape index (κ1) is 73.5. The SMILES string of the molecule is C=C1[C@@H](O)[C@@H]2O[C@]3(CC[C@H](/C=C/[C@@H](C)[C@@H]4CC(C)=C[C@@]5(O[C@H](C[C@@](C)(O)C(=O)O)CC[C@H]5O)O4)O3)CC[C@H]2O[C@@H]1[C@@H](O)C[C@H](C)[C@H]1O[C@@]2(CCCCO2)CC[C@H]1C.Clc1ccccc1C(c1ccccc1)(c1ccccc1)n1ccnc1.O=C1NC(=O)C(c2ccccc2)(c2ccccc2)N1. The van der Waals surface area contributed by atoms with Crippen molar-refractivity contribution in [3.05, 3.63) is 233 Å². The zero-order chi connectivity index (χ0) is 71.3. The van der Waals surface area contributed by atoms with Crippen molar-refractivity contribution in [3.63, 3.8) is 0 Å². The first-order valence-electron chi connectivity index (χ1n) is 35.8. The summed E-state index contributed by atoms with van der Waals surface area (Å²) in [5, 5.41) is 59.8. The Balaban J connectivity index is 0.000000177. The van der Waals surface area contributed by atoms with Gasteiger partial charge in [-0.25, -0.2) is 14.6 Å². The molecule has 17 atom stereocenters. The topological polar surface area (TPSA) is 259 Å². The number of aromatic nitrogens is 2. The van der Waals surface area contributed by atoms with Gasteiger partial charge in [0.2, 0.25) is 5.79 Å². The Hall–Kier alpha value is -7.21. The average molecular weight is 1400 g/mol. The zero-order valence-corrected chi connectivity index (χ0v) is 59.0. The fraction of sp³-hybridized carbons (Fsp3) is 0.481. The van der Waals surface area contributed by atoms with Gasteiger partial charge in [-0.2, -0.15) is 0 Å². The second-order valence-electron chi connectivity index (χ2n) is 29.2. The molecule has 20 heteroatoms. The van der Waals surface area contributed by atoms with Crippen LogP contribution in [-0.2, 0) is 53.8 Å². The molecule has 9 heterocycles. The molecule has 7 saturated heterocycles. The third kappa shape index (κ3) is 15.4. The van der Waals surface area contributed by atoms with Gasteiger partial charge in [0.15, 0.2) is 22.7 Å². The first-order valence-corrected chi connectivity index (χ1v) is 36.2. The Morgan fingerprint density at radius 2 is 1.43 bits per heavy atom. The molecule has 0 aliphatic carbocycles. The van der Waals surface area contributed by atoms with Crippen LogP contribution in [-0.4, -0.2) is 144 Å². The minimum absolute atomic E-state index is 0.0423. The zero-order valence-electron chi connectivity index (χ0n) is 58.2. The van der Waals surface area contributed by atoms with Crippen LogP contribution in [0.4, 0.5) is 4.79 Å². The highest BCUT2D eigenvalue weighted by Gasteiger charge is 2.56. The lowest BCUT2D eigenvalue weighted by atomic mass is 9.76. The van der Waals surface area contributed by atoms with Crippen LogP contribution in [0.1, 0.15) is 152 Å². The number of aliphatic carboxylic acids is 1. The fourth-order valence-corrected chi connectivity index (χ4v) is 16.7. The van der Waals surface area contributed by atoms with Gasteiger partial charge in [-0.1, -0.05) is 196 Å². The molecule has 101 heavy (non-hydrogen) atoms. The maximum atomic E-state index is 12.3. The van der Waals surface area contributed by atoms with E-state index in [2.05, 4.69) is 101 Å². The number of nitrogens with one attached hydrogen (secondary N) is 2. The van der Waals surface area contributed by atoms with E-state index in [-0.39, 0.29) is 42.5 Å². The molecule has 14 rings (SSSR count). The summed E-state index contributed by atoms with van der Waals surface area (Å²) in [7, 11) is 0. The molecule has 538 valence electrons. The van der Waals surface area contributed by atoms with Crippen molar-refractivity contribution in [1.29, 1.82) is 0 Å². The lowest BCUT2D eigenvalue weighted by Crippen LogP contribution is -2.60. The molecular formula is C81H97ClN4O15. The van der Waals surface area contributed by atoms with Crippen LogP contribution in [0.25, 0.3) is 0 Å². The summed E-state index contributed by atoms with van der Waals surface area (Å²) in [5.41, 5.74) is 2.49. The van der Waals surface area contributed by atoms with E-state index < -0.39 is 88.8 Å². The van der Waals surface area contributed by atoms with Crippen molar-refractivity contribution < 1.29 is 73.1 Å². The summed E-state index contributed by atoms with van der Waals surface area (Å²) in [5.74, 6) is -4.17. The number of halogens is 1. The second-order valence-corrected chi connectivity index (χ2v) is 29.6. The number of urea groups is 1. The van der Waals surface area contributed by atoms with Crippen LogP contribution in [0.3, 0.4) is 0 Å². The highest BCUT2D eigenvalue weighted by atomic mass is 35.5. The number of imidazole rings is 1. The van der Waals surface area contributed by atoms with Crippen LogP contribution in [0.5, 0.6) is 0 Å². The summed E-state index contributed by atoms with van der Waals surface area (Å²) in [6, 6.07) is 46.8. The number of nitrogens with zero attached hydrogens (tertiary/aromatic N) is 2. The highest BCUT2D eigenvalue weighted by molar-refractivity contribution is 6.31. The maximum absolute atomic E-state index is 12.3. The number of carbonyl (C=O) groups excluding carboxylic acids is 2. The number of carboxylic acids is 1. The molecule has 1 aromatic heterocycles. The van der Waals surface area contributed by atoms with Crippen LogP contribution >= 0.6 is 11.6 Å². The van der Waals surface area contributed by atoms with E-state index in [0.717, 1.165) is 83.5 Å². The Bertz CT molecular complexity index is 3780. The van der Waals surface area contributed by atoms with Crippen molar-refractivity contribution in [2.24, 2.45) is 17.8 Å². The number of amides is 3. The number of carbonyl (C=O) groups is 3. The summed E-state index contributed by atoms with van der Waals surface area (Å²) in [6.07, 6.45) is 15.0. The van der Waals surface area contributed by atoms with Crippen molar-refractivity contribution in [2.45, 2.75) is 220 Å². The molecule has 8 aliphatic heterocycles. The summed E-state index contributed by atoms with van der Waals surface area (Å²) >= 11 is 6.69. The molecule has 3 spiro atoms. The molecule has 0 radical (unpaired) electrons. The van der Waals surface area contributed by atoms with Gasteiger partial charge in [0.05, 0.1) is 49.6 Å². The molecule has 7 fully saturated rings. The molecule has 0 unspecified atom stereocenters. The van der Waals surface area contributed by atoms with Gasteiger partial charge in [-0.3, -0.25) is 10.1 Å². The first-order chi connectivity index (χ1) is 48.5. The van der Waals surface area contributed by atoms with E-state index in [9.17, 15) is 39.9 Å². The normalized spacial score (nSPS) is 31.6. The van der Waals surface area contributed by atoms with Gasteiger partial charge in [0, 0.05) is 61.0 Å². The van der Waals surface area contributed by atoms with Crippen LogP contribution in [0.2, 0.25) is 5.02 Å². The number of benzene rings is 5. The van der Waals surface area contributed by atoms with Gasteiger partial charge in [-0.15, -0.1) is 0 Å². The van der Waals surface area contributed by atoms with Crippen molar-refractivity contribution in [1.82, 2.24) is 20.2 Å². The Morgan fingerprint density at radius 1 is 0.792 bits per heavy atom. The number of aliphatic hydroxyl groups is 4. The lowest BCUT2D eigenvalue weighted by molar-refractivity contribution is -0.321. The summed E-state index contributed by atoms with van der Waals surface area (Å²) < 4.78 is 47.4. The minimum atomic E-state index is -1.96. The van der Waals surface area contributed by atoms with Crippen molar-refractivity contribution >= 4 is 29.5 Å². The molecule has 3 amide bonds. The third-order valence-corrected chi connectivity index (χ3v) is 22.1. The molecule has 6 aromatic rings. The van der Waals surface area contributed by atoms with Gasteiger partial charge in [0.1, 0.15) is 30.0 Å². The molecule has 7 N–H and O–H groups in total. The number of hydrogen-bond acceptors (Lipinski definition) is 15. The van der Waals surface area contributed by atoms with Gasteiger partial charge < -0.3 is 68.6 Å². The predicted octanol–water partition coefficient (Wildman–Crippen LogP) is 12.4. The number of fused-ring (bicyclic) bond motifs is 1.